The van der Waals surface area contributed by atoms with Crippen LogP contribution in [0.1, 0.15) is 44.4 Å². The van der Waals surface area contributed by atoms with Crippen molar-refractivity contribution >= 4 is 15.9 Å². The number of aromatic nitrogens is 1. The first-order valence-electron chi connectivity index (χ1n) is 5.96. The number of hydrogen-bond acceptors (Lipinski definition) is 2. The summed E-state index contributed by atoms with van der Waals surface area (Å²) in [4.78, 5) is 4.28. The summed E-state index contributed by atoms with van der Waals surface area (Å²) in [5.74, 6) is 1.13. The molecule has 2 rings (SSSR count). The molecule has 3 unspecified atom stereocenters. The van der Waals surface area contributed by atoms with Crippen molar-refractivity contribution < 1.29 is 5.11 Å². The third kappa shape index (κ3) is 2.83. The van der Waals surface area contributed by atoms with E-state index < -0.39 is 6.10 Å². The van der Waals surface area contributed by atoms with Crippen molar-refractivity contribution in [1.29, 1.82) is 0 Å². The Morgan fingerprint density at radius 1 is 1.44 bits per heavy atom. The van der Waals surface area contributed by atoms with Crippen LogP contribution in [0, 0.1) is 11.8 Å². The van der Waals surface area contributed by atoms with Crippen LogP contribution < -0.4 is 0 Å². The maximum Gasteiger partial charge on any atom is 0.0987 e. The van der Waals surface area contributed by atoms with E-state index >= 15 is 0 Å². The topological polar surface area (TPSA) is 33.1 Å². The lowest BCUT2D eigenvalue weighted by Crippen LogP contribution is -2.20. The monoisotopic (exact) mass is 283 g/mol. The van der Waals surface area contributed by atoms with Crippen molar-refractivity contribution in [2.45, 2.75) is 38.7 Å². The molecule has 2 nitrogen and oxygen atoms in total. The van der Waals surface area contributed by atoms with Gasteiger partial charge in [-0.3, -0.25) is 4.98 Å². The highest BCUT2D eigenvalue weighted by Crippen LogP contribution is 2.36. The first-order chi connectivity index (χ1) is 7.66. The van der Waals surface area contributed by atoms with Crippen LogP contribution in [0.25, 0.3) is 0 Å². The van der Waals surface area contributed by atoms with Crippen molar-refractivity contribution in [3.63, 3.8) is 0 Å². The van der Waals surface area contributed by atoms with E-state index in [2.05, 4.69) is 27.8 Å². The molecular weight excluding hydrogens is 266 g/mol. The van der Waals surface area contributed by atoms with Gasteiger partial charge in [0.25, 0.3) is 0 Å². The van der Waals surface area contributed by atoms with Crippen LogP contribution in [0.3, 0.4) is 0 Å². The highest BCUT2D eigenvalue weighted by Gasteiger charge is 2.26. The van der Waals surface area contributed by atoms with Crippen LogP contribution in [-0.4, -0.2) is 10.1 Å². The van der Waals surface area contributed by atoms with Gasteiger partial charge in [0.05, 0.1) is 11.8 Å². The van der Waals surface area contributed by atoms with Gasteiger partial charge >= 0.3 is 0 Å². The van der Waals surface area contributed by atoms with E-state index in [0.717, 1.165) is 28.9 Å². The Balaban J connectivity index is 2.06. The molecule has 1 aromatic heterocycles. The molecular formula is C13H18BrNO. The molecule has 0 aromatic carbocycles. The number of nitrogens with zero attached hydrogens (tertiary/aromatic N) is 1. The predicted molar refractivity (Wildman–Crippen MR) is 68.0 cm³/mol. The molecule has 1 N–H and O–H groups in total. The average molecular weight is 284 g/mol. The summed E-state index contributed by atoms with van der Waals surface area (Å²) in [5.41, 5.74) is 0.808. The lowest BCUT2D eigenvalue weighted by molar-refractivity contribution is 0.0680. The second kappa shape index (κ2) is 5.28. The zero-order chi connectivity index (χ0) is 11.5. The molecule has 1 saturated carbocycles. The van der Waals surface area contributed by atoms with Crippen molar-refractivity contribution in [2.75, 3.05) is 0 Å². The van der Waals surface area contributed by atoms with Gasteiger partial charge < -0.3 is 5.11 Å². The van der Waals surface area contributed by atoms with E-state index in [0.29, 0.717) is 5.92 Å². The van der Waals surface area contributed by atoms with Crippen LogP contribution in [0.15, 0.2) is 22.8 Å². The average Bonchev–Trinajstić information content (AvgIpc) is 2.29. The van der Waals surface area contributed by atoms with Gasteiger partial charge in [-0.05, 0) is 52.7 Å². The summed E-state index contributed by atoms with van der Waals surface area (Å²) >= 11 is 3.36. The first-order valence-corrected chi connectivity index (χ1v) is 6.75. The summed E-state index contributed by atoms with van der Waals surface area (Å²) in [6.45, 7) is 2.27. The van der Waals surface area contributed by atoms with E-state index in [1.54, 1.807) is 6.20 Å². The Labute approximate surface area is 105 Å². The lowest BCUT2D eigenvalue weighted by Gasteiger charge is -2.30. The fourth-order valence-corrected chi connectivity index (χ4v) is 2.81. The number of rotatable bonds is 2. The SMILES string of the molecule is CC1CCCC(C(O)c2ccc(Br)cn2)C1. The van der Waals surface area contributed by atoms with E-state index in [9.17, 15) is 5.11 Å². The zero-order valence-electron chi connectivity index (χ0n) is 9.56. The minimum Gasteiger partial charge on any atom is -0.387 e. The molecule has 16 heavy (non-hydrogen) atoms. The van der Waals surface area contributed by atoms with Crippen LogP contribution >= 0.6 is 15.9 Å². The van der Waals surface area contributed by atoms with Crippen LogP contribution in [0.4, 0.5) is 0 Å². The summed E-state index contributed by atoms with van der Waals surface area (Å²) in [6.07, 6.45) is 6.15. The second-order valence-corrected chi connectivity index (χ2v) is 5.79. The van der Waals surface area contributed by atoms with E-state index in [-0.39, 0.29) is 0 Å². The first kappa shape index (κ1) is 12.1. The highest BCUT2D eigenvalue weighted by molar-refractivity contribution is 9.10. The molecule has 1 aliphatic rings. The smallest absolute Gasteiger partial charge is 0.0987 e. The Hall–Kier alpha value is -0.410. The normalized spacial score (nSPS) is 27.7. The van der Waals surface area contributed by atoms with Gasteiger partial charge in [0.2, 0.25) is 0 Å². The Kier molecular flexibility index (Phi) is 3.98. The number of aliphatic hydroxyl groups excluding tert-OH is 1. The fourth-order valence-electron chi connectivity index (χ4n) is 2.57. The Bertz CT molecular complexity index is 338. The van der Waals surface area contributed by atoms with Gasteiger partial charge in [-0.15, -0.1) is 0 Å². The maximum atomic E-state index is 10.3. The summed E-state index contributed by atoms with van der Waals surface area (Å²) in [5, 5.41) is 10.3. The molecule has 0 radical (unpaired) electrons. The van der Waals surface area contributed by atoms with Crippen LogP contribution in [0.5, 0.6) is 0 Å². The molecule has 1 fully saturated rings. The van der Waals surface area contributed by atoms with Gasteiger partial charge in [0.1, 0.15) is 0 Å². The Morgan fingerprint density at radius 2 is 2.25 bits per heavy atom. The second-order valence-electron chi connectivity index (χ2n) is 4.88. The Morgan fingerprint density at radius 3 is 2.88 bits per heavy atom. The predicted octanol–water partition coefficient (Wildman–Crippen LogP) is 3.70. The minimum atomic E-state index is -0.393. The summed E-state index contributed by atoms with van der Waals surface area (Å²) in [7, 11) is 0. The minimum absolute atomic E-state index is 0.387. The number of pyridine rings is 1. The quantitative estimate of drug-likeness (QED) is 0.898. The molecule has 1 aromatic rings. The fraction of sp³-hybridized carbons (Fsp3) is 0.615. The van der Waals surface area contributed by atoms with Gasteiger partial charge in [0, 0.05) is 10.7 Å². The van der Waals surface area contributed by atoms with Crippen molar-refractivity contribution in [2.24, 2.45) is 11.8 Å². The molecule has 0 spiro atoms. The molecule has 1 heterocycles. The van der Waals surface area contributed by atoms with Gasteiger partial charge in [0.15, 0.2) is 0 Å². The molecule has 0 amide bonds. The molecule has 3 atom stereocenters. The number of halogens is 1. The van der Waals surface area contributed by atoms with E-state index in [1.165, 1.54) is 12.8 Å². The summed E-state index contributed by atoms with van der Waals surface area (Å²) < 4.78 is 0.959. The van der Waals surface area contributed by atoms with Crippen molar-refractivity contribution in [3.8, 4) is 0 Å². The summed E-state index contributed by atoms with van der Waals surface area (Å²) in [6, 6.07) is 3.85. The molecule has 0 aliphatic heterocycles. The molecule has 88 valence electrons. The van der Waals surface area contributed by atoms with E-state index in [4.69, 9.17) is 0 Å². The standard InChI is InChI=1S/C13H18BrNO/c1-9-3-2-4-10(7-9)13(16)12-6-5-11(14)8-15-12/h5-6,8-10,13,16H,2-4,7H2,1H3. The largest absolute Gasteiger partial charge is 0.387 e. The number of aliphatic hydroxyl groups is 1. The van der Waals surface area contributed by atoms with Crippen LogP contribution in [0.2, 0.25) is 0 Å². The van der Waals surface area contributed by atoms with Gasteiger partial charge in [-0.25, -0.2) is 0 Å². The van der Waals surface area contributed by atoms with Crippen molar-refractivity contribution in [1.82, 2.24) is 4.98 Å². The van der Waals surface area contributed by atoms with Gasteiger partial charge in [-0.1, -0.05) is 19.8 Å². The van der Waals surface area contributed by atoms with Gasteiger partial charge in [-0.2, -0.15) is 0 Å². The molecule has 0 bridgehead atoms. The van der Waals surface area contributed by atoms with Crippen molar-refractivity contribution in [3.05, 3.63) is 28.5 Å². The third-order valence-electron chi connectivity index (χ3n) is 3.48. The zero-order valence-corrected chi connectivity index (χ0v) is 11.2. The van der Waals surface area contributed by atoms with E-state index in [1.807, 2.05) is 12.1 Å². The molecule has 1 aliphatic carbocycles. The molecule has 3 heteroatoms. The number of hydrogen-bond donors (Lipinski definition) is 1. The molecule has 0 saturated heterocycles. The highest BCUT2D eigenvalue weighted by atomic mass is 79.9. The lowest BCUT2D eigenvalue weighted by atomic mass is 9.79. The maximum absolute atomic E-state index is 10.3. The van der Waals surface area contributed by atoms with Crippen LogP contribution in [-0.2, 0) is 0 Å². The third-order valence-corrected chi connectivity index (χ3v) is 3.95.